The first-order chi connectivity index (χ1) is 9.40. The maximum Gasteiger partial charge on any atom is 0.237 e. The molecule has 0 bridgehead atoms. The summed E-state index contributed by atoms with van der Waals surface area (Å²) in [5, 5.41) is 3.43. The zero-order valence-corrected chi connectivity index (χ0v) is 13.2. The quantitative estimate of drug-likeness (QED) is 0.709. The topological polar surface area (TPSA) is 61.6 Å². The average Bonchev–Trinajstić information content (AvgIpc) is 3.20. The molecule has 0 aromatic heterocycles. The fraction of sp³-hybridized carbons (Fsp3) is 0.933. The van der Waals surface area contributed by atoms with Gasteiger partial charge in [0.15, 0.2) is 0 Å². The highest BCUT2D eigenvalue weighted by Gasteiger charge is 2.37. The van der Waals surface area contributed by atoms with Gasteiger partial charge >= 0.3 is 0 Å². The molecule has 1 saturated carbocycles. The molecule has 1 amide bonds. The predicted octanol–water partition coefficient (Wildman–Crippen LogP) is 0.399. The lowest BCUT2D eigenvalue weighted by molar-refractivity contribution is -0.124. The summed E-state index contributed by atoms with van der Waals surface area (Å²) in [4.78, 5) is 16.5. The summed E-state index contributed by atoms with van der Waals surface area (Å²) in [6.07, 6.45) is 5.67. The molecular weight excluding hydrogens is 252 g/mol. The number of carbonyl (C=O) groups is 1. The van der Waals surface area contributed by atoms with E-state index in [0.717, 1.165) is 26.1 Å². The molecule has 2 atom stereocenters. The van der Waals surface area contributed by atoms with Crippen LogP contribution in [0.15, 0.2) is 0 Å². The van der Waals surface area contributed by atoms with Crippen LogP contribution in [0.5, 0.6) is 0 Å². The number of likely N-dealkylation sites (N-methyl/N-ethyl adjacent to an activating group) is 1. The third-order valence-corrected chi connectivity index (χ3v) is 4.78. The molecule has 0 radical (unpaired) electrons. The molecule has 2 fully saturated rings. The van der Waals surface area contributed by atoms with Crippen LogP contribution in [0, 0.1) is 0 Å². The van der Waals surface area contributed by atoms with Crippen molar-refractivity contribution in [1.82, 2.24) is 15.1 Å². The molecule has 1 aliphatic heterocycles. The normalized spacial score (nSPS) is 27.5. The van der Waals surface area contributed by atoms with E-state index in [0.29, 0.717) is 12.1 Å². The van der Waals surface area contributed by atoms with Crippen LogP contribution in [0.3, 0.4) is 0 Å². The van der Waals surface area contributed by atoms with E-state index in [9.17, 15) is 4.79 Å². The van der Waals surface area contributed by atoms with Gasteiger partial charge in [0, 0.05) is 25.2 Å². The largest absolute Gasteiger partial charge is 0.368 e. The summed E-state index contributed by atoms with van der Waals surface area (Å²) in [5.41, 5.74) is 5.06. The summed E-state index contributed by atoms with van der Waals surface area (Å²) in [6.45, 7) is 5.15. The molecule has 0 spiro atoms. The highest BCUT2D eigenvalue weighted by atomic mass is 16.1. The maximum absolute atomic E-state index is 11.8. The minimum atomic E-state index is -0.549. The lowest BCUT2D eigenvalue weighted by atomic mass is 9.95. The van der Waals surface area contributed by atoms with Crippen molar-refractivity contribution < 1.29 is 4.79 Å². The molecule has 2 rings (SSSR count). The van der Waals surface area contributed by atoms with Crippen molar-refractivity contribution in [2.75, 3.05) is 33.7 Å². The van der Waals surface area contributed by atoms with Crippen LogP contribution in [0.25, 0.3) is 0 Å². The Kier molecular flexibility index (Phi) is 5.04. The van der Waals surface area contributed by atoms with Gasteiger partial charge in [-0.1, -0.05) is 0 Å². The molecule has 5 heteroatoms. The molecule has 0 aromatic rings. The van der Waals surface area contributed by atoms with Gasteiger partial charge in [-0.25, -0.2) is 0 Å². The first kappa shape index (κ1) is 15.7. The number of piperidine rings is 1. The second-order valence-electron chi connectivity index (χ2n) is 6.93. The van der Waals surface area contributed by atoms with E-state index in [1.54, 1.807) is 0 Å². The first-order valence-electron chi connectivity index (χ1n) is 7.87. The van der Waals surface area contributed by atoms with Crippen LogP contribution >= 0.6 is 0 Å². The Morgan fingerprint density at radius 2 is 2.10 bits per heavy atom. The second kappa shape index (κ2) is 6.41. The van der Waals surface area contributed by atoms with Crippen molar-refractivity contribution in [3.05, 3.63) is 0 Å². The van der Waals surface area contributed by atoms with E-state index in [1.165, 1.54) is 25.7 Å². The van der Waals surface area contributed by atoms with E-state index in [1.807, 2.05) is 6.92 Å². The molecule has 3 N–H and O–H groups in total. The summed E-state index contributed by atoms with van der Waals surface area (Å²) in [5.74, 6) is -0.217. The highest BCUT2D eigenvalue weighted by Crippen LogP contribution is 2.24. The third-order valence-electron chi connectivity index (χ3n) is 4.78. The van der Waals surface area contributed by atoms with Gasteiger partial charge in [0.2, 0.25) is 5.91 Å². The maximum atomic E-state index is 11.8. The third kappa shape index (κ3) is 4.17. The molecule has 0 aromatic carbocycles. The number of nitrogens with two attached hydrogens (primary N) is 1. The van der Waals surface area contributed by atoms with Crippen molar-refractivity contribution in [2.24, 2.45) is 5.73 Å². The van der Waals surface area contributed by atoms with Gasteiger partial charge in [-0.15, -0.1) is 0 Å². The lowest BCUT2D eigenvalue weighted by Gasteiger charge is -2.38. The van der Waals surface area contributed by atoms with Crippen LogP contribution in [0.1, 0.15) is 39.0 Å². The highest BCUT2D eigenvalue weighted by molar-refractivity contribution is 5.84. The monoisotopic (exact) mass is 282 g/mol. The minimum Gasteiger partial charge on any atom is -0.368 e. The van der Waals surface area contributed by atoms with Crippen LogP contribution in [0.4, 0.5) is 0 Å². The summed E-state index contributed by atoms with van der Waals surface area (Å²) in [7, 11) is 4.30. The number of primary amides is 1. The molecule has 1 heterocycles. The number of hydrogen-bond donors (Lipinski definition) is 2. The van der Waals surface area contributed by atoms with Crippen molar-refractivity contribution >= 4 is 5.91 Å². The van der Waals surface area contributed by atoms with E-state index in [4.69, 9.17) is 5.73 Å². The van der Waals surface area contributed by atoms with Gasteiger partial charge in [0.05, 0.1) is 5.54 Å². The molecule has 2 aliphatic rings. The van der Waals surface area contributed by atoms with Gasteiger partial charge < -0.3 is 20.9 Å². The Labute approximate surface area is 122 Å². The number of nitrogens with zero attached hydrogens (tertiary/aromatic N) is 2. The number of carbonyl (C=O) groups excluding carboxylic acids is 1. The van der Waals surface area contributed by atoms with Crippen molar-refractivity contribution in [3.63, 3.8) is 0 Å². The van der Waals surface area contributed by atoms with Gasteiger partial charge in [-0.05, 0) is 59.7 Å². The molecule has 5 nitrogen and oxygen atoms in total. The van der Waals surface area contributed by atoms with Crippen molar-refractivity contribution in [3.8, 4) is 0 Å². The lowest BCUT2D eigenvalue weighted by Crippen LogP contribution is -2.56. The van der Waals surface area contributed by atoms with E-state index in [-0.39, 0.29) is 5.91 Å². The minimum absolute atomic E-state index is 0.217. The van der Waals surface area contributed by atoms with Gasteiger partial charge in [0.25, 0.3) is 0 Å². The van der Waals surface area contributed by atoms with E-state index >= 15 is 0 Å². The van der Waals surface area contributed by atoms with Crippen LogP contribution in [-0.2, 0) is 4.79 Å². The fourth-order valence-corrected chi connectivity index (χ4v) is 2.98. The Morgan fingerprint density at radius 1 is 1.40 bits per heavy atom. The number of rotatable bonds is 7. The number of amides is 1. The molecular formula is C15H30N4O. The van der Waals surface area contributed by atoms with Crippen LogP contribution in [-0.4, -0.2) is 67.1 Å². The molecule has 20 heavy (non-hydrogen) atoms. The average molecular weight is 282 g/mol. The molecule has 1 aliphatic carbocycles. The number of likely N-dealkylation sites (tertiary alicyclic amines) is 1. The molecule has 1 saturated heterocycles. The zero-order valence-electron chi connectivity index (χ0n) is 13.2. The van der Waals surface area contributed by atoms with Gasteiger partial charge in [-0.3, -0.25) is 4.79 Å². The van der Waals surface area contributed by atoms with Crippen LogP contribution < -0.4 is 11.1 Å². The Bertz CT molecular complexity index is 343. The molecule has 2 unspecified atom stereocenters. The van der Waals surface area contributed by atoms with Gasteiger partial charge in [-0.2, -0.15) is 0 Å². The zero-order chi connectivity index (χ0) is 14.8. The number of nitrogens with one attached hydrogen (secondary N) is 1. The smallest absolute Gasteiger partial charge is 0.237 e. The Hall–Kier alpha value is -0.650. The summed E-state index contributed by atoms with van der Waals surface area (Å²) >= 11 is 0. The number of hydrogen-bond acceptors (Lipinski definition) is 4. The first-order valence-corrected chi connectivity index (χ1v) is 7.87. The SMILES string of the molecule is CN(C)C1CCCN(CCC(C)(NC2CC2)C(N)=O)C1. The molecule has 116 valence electrons. The predicted molar refractivity (Wildman–Crippen MR) is 81.5 cm³/mol. The Morgan fingerprint density at radius 3 is 2.65 bits per heavy atom. The second-order valence-corrected chi connectivity index (χ2v) is 6.93. The van der Waals surface area contributed by atoms with E-state index in [2.05, 4.69) is 29.2 Å². The Balaban J connectivity index is 1.83. The standard InChI is InChI=1S/C15H30N4O/c1-15(14(16)20,17-12-6-7-12)8-10-19-9-4-5-13(11-19)18(2)3/h12-13,17H,4-11H2,1-3H3,(H2,16,20). The van der Waals surface area contributed by atoms with Gasteiger partial charge in [0.1, 0.15) is 0 Å². The van der Waals surface area contributed by atoms with Crippen molar-refractivity contribution in [1.29, 1.82) is 0 Å². The van der Waals surface area contributed by atoms with Crippen LogP contribution in [0.2, 0.25) is 0 Å². The van der Waals surface area contributed by atoms with E-state index < -0.39 is 5.54 Å². The summed E-state index contributed by atoms with van der Waals surface area (Å²) < 4.78 is 0. The summed E-state index contributed by atoms with van der Waals surface area (Å²) in [6, 6.07) is 1.14. The fourth-order valence-electron chi connectivity index (χ4n) is 2.98. The van der Waals surface area contributed by atoms with Crippen molar-refractivity contribution in [2.45, 2.75) is 56.7 Å².